The van der Waals surface area contributed by atoms with Gasteiger partial charge in [-0.1, -0.05) is 6.07 Å². The van der Waals surface area contributed by atoms with Crippen LogP contribution in [-0.4, -0.2) is 40.7 Å². The van der Waals surface area contributed by atoms with Crippen LogP contribution in [-0.2, 0) is 26.8 Å². The number of ether oxygens (including phenoxy) is 1. The van der Waals surface area contributed by atoms with Crippen molar-refractivity contribution in [2.75, 3.05) is 23.8 Å². The molecule has 6 rings (SSSR count). The van der Waals surface area contributed by atoms with Crippen LogP contribution in [0, 0.1) is 11.8 Å². The Labute approximate surface area is 203 Å². The molecule has 1 spiro atoms. The molecule has 2 bridgehead atoms. The van der Waals surface area contributed by atoms with Gasteiger partial charge in [-0.15, -0.1) is 0 Å². The zero-order chi connectivity index (χ0) is 24.2. The van der Waals surface area contributed by atoms with Crippen LogP contribution in [0.3, 0.4) is 0 Å². The summed E-state index contributed by atoms with van der Waals surface area (Å²) in [5, 5.41) is 12.9. The summed E-state index contributed by atoms with van der Waals surface area (Å²) >= 11 is 0. The molecule has 9 heteroatoms. The van der Waals surface area contributed by atoms with Crippen molar-refractivity contribution in [3.8, 4) is 0 Å². The molecule has 35 heavy (non-hydrogen) atoms. The molecule has 3 fully saturated rings. The Kier molecular flexibility index (Phi) is 5.25. The van der Waals surface area contributed by atoms with E-state index in [4.69, 9.17) is 4.74 Å². The molecule has 3 amide bonds. The topological polar surface area (TPSA) is 114 Å². The first kappa shape index (κ1) is 22.0. The van der Waals surface area contributed by atoms with Gasteiger partial charge in [-0.3, -0.25) is 19.1 Å². The fourth-order valence-electron chi connectivity index (χ4n) is 6.33. The molecule has 2 unspecified atom stereocenters. The van der Waals surface area contributed by atoms with E-state index >= 15 is 0 Å². The molecule has 182 valence electrons. The summed E-state index contributed by atoms with van der Waals surface area (Å²) in [5.41, 5.74) is 3.47. The molecule has 2 atom stereocenters. The average molecular weight is 476 g/mol. The molecule has 2 aromatic rings. The third-order valence-electron chi connectivity index (χ3n) is 8.21. The fourth-order valence-corrected chi connectivity index (χ4v) is 6.33. The van der Waals surface area contributed by atoms with Gasteiger partial charge in [0.1, 0.15) is 11.4 Å². The number of nitrogens with one attached hydrogen (secondary N) is 3. The van der Waals surface area contributed by atoms with E-state index in [9.17, 15) is 14.4 Å². The first-order valence-corrected chi connectivity index (χ1v) is 12.3. The number of amides is 3. The molecule has 3 N–H and O–H groups in total. The SMILES string of the molecule is Cn1nccc1C(=O)NC(C(=O)Nc1ccc2c(c1)NC(=O)C21CCOCC1)=C1CC2CCC1C2. The lowest BCUT2D eigenvalue weighted by molar-refractivity contribution is -0.124. The zero-order valence-corrected chi connectivity index (χ0v) is 19.7. The number of rotatable bonds is 4. The maximum absolute atomic E-state index is 13.5. The second-order valence-corrected chi connectivity index (χ2v) is 10.1. The highest BCUT2D eigenvalue weighted by Crippen LogP contribution is 2.49. The van der Waals surface area contributed by atoms with Gasteiger partial charge in [-0.25, -0.2) is 0 Å². The minimum Gasteiger partial charge on any atom is -0.381 e. The van der Waals surface area contributed by atoms with Crippen molar-refractivity contribution in [1.82, 2.24) is 15.1 Å². The minimum atomic E-state index is -0.552. The Bertz CT molecular complexity index is 1260. The standard InChI is InChI=1S/C26H29N5O4/c1-31-21(6-9-27-31)23(32)30-22(18-13-15-2-3-16(18)12-15)24(33)28-17-4-5-19-20(14-17)29-25(34)26(19)7-10-35-11-8-26/h4-6,9,14-16H,2-3,7-8,10-13H2,1H3,(H,28,33)(H,29,34)(H,30,32). The third kappa shape index (κ3) is 3.65. The second kappa shape index (κ2) is 8.34. The smallest absolute Gasteiger partial charge is 0.274 e. The Morgan fingerprint density at radius 2 is 2.03 bits per heavy atom. The van der Waals surface area contributed by atoms with Crippen molar-refractivity contribution < 1.29 is 19.1 Å². The minimum absolute atomic E-state index is 0.00694. The van der Waals surface area contributed by atoms with Gasteiger partial charge >= 0.3 is 0 Å². The molecule has 0 radical (unpaired) electrons. The van der Waals surface area contributed by atoms with Crippen LogP contribution in [0.1, 0.15) is 54.6 Å². The van der Waals surface area contributed by atoms with Crippen molar-refractivity contribution >= 4 is 29.1 Å². The van der Waals surface area contributed by atoms with Gasteiger partial charge in [0.05, 0.1) is 5.41 Å². The second-order valence-electron chi connectivity index (χ2n) is 10.1. The van der Waals surface area contributed by atoms with Crippen molar-refractivity contribution in [2.45, 2.75) is 43.9 Å². The highest BCUT2D eigenvalue weighted by Gasteiger charge is 2.47. The first-order chi connectivity index (χ1) is 16.9. The normalized spacial score (nSPS) is 25.3. The molecule has 2 aliphatic heterocycles. The van der Waals surface area contributed by atoms with E-state index in [0.717, 1.165) is 36.1 Å². The highest BCUT2D eigenvalue weighted by molar-refractivity contribution is 6.10. The van der Waals surface area contributed by atoms with Gasteiger partial charge in [0.25, 0.3) is 11.8 Å². The zero-order valence-electron chi connectivity index (χ0n) is 19.7. The van der Waals surface area contributed by atoms with Crippen molar-refractivity contribution in [3.05, 3.63) is 53.0 Å². The molecule has 2 aliphatic carbocycles. The van der Waals surface area contributed by atoms with Crippen LogP contribution >= 0.6 is 0 Å². The lowest BCUT2D eigenvalue weighted by Crippen LogP contribution is -2.39. The van der Waals surface area contributed by atoms with E-state index in [2.05, 4.69) is 21.0 Å². The lowest BCUT2D eigenvalue weighted by atomic mass is 9.75. The lowest BCUT2D eigenvalue weighted by Gasteiger charge is -2.31. The molecule has 1 aromatic heterocycles. The number of hydrogen-bond acceptors (Lipinski definition) is 5. The first-order valence-electron chi connectivity index (χ1n) is 12.3. The highest BCUT2D eigenvalue weighted by atomic mass is 16.5. The van der Waals surface area contributed by atoms with Crippen molar-refractivity contribution in [1.29, 1.82) is 0 Å². The predicted octanol–water partition coefficient (Wildman–Crippen LogP) is 2.86. The number of allylic oxidation sites excluding steroid dienone is 1. The van der Waals surface area contributed by atoms with Crippen molar-refractivity contribution in [3.63, 3.8) is 0 Å². The molecule has 1 saturated heterocycles. The predicted molar refractivity (Wildman–Crippen MR) is 129 cm³/mol. The number of benzene rings is 1. The van der Waals surface area contributed by atoms with E-state index in [1.165, 1.54) is 11.1 Å². The Morgan fingerprint density at radius 3 is 2.71 bits per heavy atom. The van der Waals surface area contributed by atoms with Crippen LogP contribution in [0.25, 0.3) is 0 Å². The molecule has 9 nitrogen and oxygen atoms in total. The number of carbonyl (C=O) groups excluding carboxylic acids is 3. The number of aromatic nitrogens is 2. The van der Waals surface area contributed by atoms with E-state index in [0.29, 0.717) is 55.0 Å². The summed E-state index contributed by atoms with van der Waals surface area (Å²) in [6.07, 6.45) is 7.00. The maximum Gasteiger partial charge on any atom is 0.274 e. The number of nitrogens with zero attached hydrogens (tertiary/aromatic N) is 2. The quantitative estimate of drug-likeness (QED) is 0.589. The number of anilines is 2. The Balaban J connectivity index is 1.27. The molecule has 4 aliphatic rings. The fraction of sp³-hybridized carbons (Fsp3) is 0.462. The van der Waals surface area contributed by atoms with E-state index in [-0.39, 0.29) is 17.7 Å². The van der Waals surface area contributed by atoms with Gasteiger partial charge in [0, 0.05) is 37.8 Å². The average Bonchev–Trinajstić information content (AvgIpc) is 3.63. The third-order valence-corrected chi connectivity index (χ3v) is 8.21. The van der Waals surface area contributed by atoms with Gasteiger partial charge in [0.2, 0.25) is 5.91 Å². The maximum atomic E-state index is 13.5. The van der Waals surface area contributed by atoms with Crippen LogP contribution < -0.4 is 16.0 Å². The molecular weight excluding hydrogens is 446 g/mol. The van der Waals surface area contributed by atoms with E-state index < -0.39 is 5.41 Å². The summed E-state index contributed by atoms with van der Waals surface area (Å²) in [6.45, 7) is 1.11. The van der Waals surface area contributed by atoms with E-state index in [1.807, 2.05) is 12.1 Å². The molecule has 1 aromatic carbocycles. The number of hydrogen-bond donors (Lipinski definition) is 3. The van der Waals surface area contributed by atoms with Gasteiger partial charge in [0.15, 0.2) is 0 Å². The Hall–Kier alpha value is -3.46. The molecule has 3 heterocycles. The van der Waals surface area contributed by atoms with Gasteiger partial charge in [-0.05, 0) is 79.7 Å². The van der Waals surface area contributed by atoms with Gasteiger partial charge < -0.3 is 20.7 Å². The van der Waals surface area contributed by atoms with Crippen LogP contribution in [0.15, 0.2) is 41.7 Å². The summed E-state index contributed by atoms with van der Waals surface area (Å²) in [6, 6.07) is 7.19. The molecule has 2 saturated carbocycles. The van der Waals surface area contributed by atoms with Crippen molar-refractivity contribution in [2.24, 2.45) is 18.9 Å². The summed E-state index contributed by atoms with van der Waals surface area (Å²) in [5.74, 6) is 0.214. The number of carbonyl (C=O) groups is 3. The number of fused-ring (bicyclic) bond motifs is 4. The summed E-state index contributed by atoms with van der Waals surface area (Å²) in [7, 11) is 1.70. The molecular formula is C26H29N5O4. The largest absolute Gasteiger partial charge is 0.381 e. The van der Waals surface area contributed by atoms with E-state index in [1.54, 1.807) is 25.4 Å². The summed E-state index contributed by atoms with van der Waals surface area (Å²) < 4.78 is 6.97. The Morgan fingerprint density at radius 1 is 1.20 bits per heavy atom. The van der Waals surface area contributed by atoms with Crippen LogP contribution in [0.5, 0.6) is 0 Å². The van der Waals surface area contributed by atoms with Crippen LogP contribution in [0.2, 0.25) is 0 Å². The summed E-state index contributed by atoms with van der Waals surface area (Å²) in [4.78, 5) is 39.3. The number of aryl methyl sites for hydroxylation is 1. The van der Waals surface area contributed by atoms with Crippen LogP contribution in [0.4, 0.5) is 11.4 Å². The van der Waals surface area contributed by atoms with Gasteiger partial charge in [-0.2, -0.15) is 5.10 Å². The monoisotopic (exact) mass is 475 g/mol.